The second-order valence-electron chi connectivity index (χ2n) is 9.77. The second-order valence-corrected chi connectivity index (χ2v) is 9.77. The molecule has 13 heteroatoms. The fourth-order valence-electron chi connectivity index (χ4n) is 4.86. The van der Waals surface area contributed by atoms with Crippen LogP contribution in [0.25, 0.3) is 0 Å². The van der Waals surface area contributed by atoms with Crippen molar-refractivity contribution in [2.45, 2.75) is 112 Å². The van der Waals surface area contributed by atoms with Crippen LogP contribution in [0.15, 0.2) is 0 Å². The fourth-order valence-corrected chi connectivity index (χ4v) is 4.86. The molecule has 3 fully saturated rings. The van der Waals surface area contributed by atoms with E-state index in [9.17, 15) is 20.4 Å². The van der Waals surface area contributed by atoms with E-state index in [0.717, 1.165) is 0 Å². The van der Waals surface area contributed by atoms with Crippen LogP contribution in [0.5, 0.6) is 0 Å². The van der Waals surface area contributed by atoms with E-state index >= 15 is 0 Å². The first-order valence-electron chi connectivity index (χ1n) is 11.4. The zero-order valence-corrected chi connectivity index (χ0v) is 19.4. The van der Waals surface area contributed by atoms with Gasteiger partial charge in [-0.05, 0) is 33.7 Å². The first-order chi connectivity index (χ1) is 15.4. The van der Waals surface area contributed by atoms with Crippen LogP contribution in [0.2, 0.25) is 0 Å². The van der Waals surface area contributed by atoms with Gasteiger partial charge in [-0.3, -0.25) is 0 Å². The summed E-state index contributed by atoms with van der Waals surface area (Å²) in [6.45, 7) is 3.20. The SMILES string of the molecule is CN[C@@H]1[C@@H](O)[C@@H](O[C@@H]2[C@@H](N)[C@H](O)[C@@H](N)[C@H](O[C@H]3O[C@H](C(C)N)CC[C@H]3N)[C@H]2O)OC[C@@]1(C)O. The van der Waals surface area contributed by atoms with Crippen molar-refractivity contribution < 1.29 is 39.4 Å². The Labute approximate surface area is 193 Å². The van der Waals surface area contributed by atoms with Gasteiger partial charge in [0, 0.05) is 6.04 Å². The molecule has 1 unspecified atom stereocenters. The molecule has 2 heterocycles. The molecule has 0 aromatic heterocycles. The average Bonchev–Trinajstić information content (AvgIpc) is 2.75. The highest BCUT2D eigenvalue weighted by molar-refractivity contribution is 5.06. The van der Waals surface area contributed by atoms with Crippen molar-refractivity contribution in [3.8, 4) is 0 Å². The molecule has 13 nitrogen and oxygen atoms in total. The largest absolute Gasteiger partial charge is 0.390 e. The van der Waals surface area contributed by atoms with E-state index in [1.807, 2.05) is 6.92 Å². The van der Waals surface area contributed by atoms with Crippen molar-refractivity contribution in [2.75, 3.05) is 13.7 Å². The van der Waals surface area contributed by atoms with Gasteiger partial charge in [0.15, 0.2) is 12.6 Å². The summed E-state index contributed by atoms with van der Waals surface area (Å²) in [4.78, 5) is 0. The van der Waals surface area contributed by atoms with E-state index in [4.69, 9.17) is 41.9 Å². The summed E-state index contributed by atoms with van der Waals surface area (Å²) in [7, 11) is 1.58. The van der Waals surface area contributed by atoms with E-state index in [0.29, 0.717) is 12.8 Å². The van der Waals surface area contributed by atoms with Gasteiger partial charge in [-0.1, -0.05) is 0 Å². The van der Waals surface area contributed by atoms with Crippen molar-refractivity contribution in [2.24, 2.45) is 22.9 Å². The molecular weight excluding hydrogens is 438 g/mol. The molecule has 1 aliphatic carbocycles. The van der Waals surface area contributed by atoms with Crippen LogP contribution in [0.3, 0.4) is 0 Å². The highest BCUT2D eigenvalue weighted by atomic mass is 16.7. The van der Waals surface area contributed by atoms with E-state index in [-0.39, 0.29) is 18.8 Å². The maximum atomic E-state index is 11.1. The smallest absolute Gasteiger partial charge is 0.185 e. The van der Waals surface area contributed by atoms with E-state index in [2.05, 4.69) is 5.32 Å². The summed E-state index contributed by atoms with van der Waals surface area (Å²) in [6, 6.07) is -3.64. The Balaban J connectivity index is 1.74. The quantitative estimate of drug-likeness (QED) is 0.175. The molecular formula is C20H41N5O8. The molecule has 1 saturated carbocycles. The monoisotopic (exact) mass is 479 g/mol. The zero-order valence-electron chi connectivity index (χ0n) is 19.4. The molecule has 0 amide bonds. The van der Waals surface area contributed by atoms with E-state index in [1.165, 1.54) is 6.92 Å². The molecule has 0 aromatic rings. The number of nitrogens with two attached hydrogens (primary N) is 4. The summed E-state index contributed by atoms with van der Waals surface area (Å²) >= 11 is 0. The topological polar surface area (TPSA) is 234 Å². The summed E-state index contributed by atoms with van der Waals surface area (Å²) < 4.78 is 23.2. The molecule has 2 aliphatic heterocycles. The van der Waals surface area contributed by atoms with Gasteiger partial charge in [-0.2, -0.15) is 0 Å². The normalized spacial score (nSPS) is 52.5. The lowest BCUT2D eigenvalue weighted by molar-refractivity contribution is -0.313. The highest BCUT2D eigenvalue weighted by Gasteiger charge is 2.53. The second kappa shape index (κ2) is 10.6. The zero-order chi connectivity index (χ0) is 24.7. The van der Waals surface area contributed by atoms with Gasteiger partial charge in [-0.15, -0.1) is 0 Å². The summed E-state index contributed by atoms with van der Waals surface area (Å²) in [5.41, 5.74) is 23.0. The molecule has 13 N–H and O–H groups in total. The molecule has 0 bridgehead atoms. The van der Waals surface area contributed by atoms with Crippen LogP contribution in [-0.4, -0.2) is 119 Å². The third kappa shape index (κ3) is 5.51. The fraction of sp³-hybridized carbons (Fsp3) is 1.00. The molecule has 3 rings (SSSR count). The van der Waals surface area contributed by atoms with Crippen LogP contribution in [0, 0.1) is 0 Å². The first-order valence-corrected chi connectivity index (χ1v) is 11.4. The van der Waals surface area contributed by atoms with Gasteiger partial charge in [-0.25, -0.2) is 0 Å². The number of hydrogen-bond acceptors (Lipinski definition) is 13. The van der Waals surface area contributed by atoms with Crippen LogP contribution in [0.1, 0.15) is 26.7 Å². The maximum Gasteiger partial charge on any atom is 0.185 e. The van der Waals surface area contributed by atoms with Crippen molar-refractivity contribution in [3.05, 3.63) is 0 Å². The van der Waals surface area contributed by atoms with Crippen molar-refractivity contribution in [1.82, 2.24) is 5.32 Å². The Kier molecular flexibility index (Phi) is 8.71. The molecule has 3 aliphatic rings. The van der Waals surface area contributed by atoms with Gasteiger partial charge in [0.2, 0.25) is 0 Å². The standard InChI is InChI=1S/C20H41N5O8/c1-7(21)9-5-4-8(22)18(31-9)32-15-10(23)12(26)11(24)16(13(15)27)33-19-14(28)17(25-3)20(2,29)6-30-19/h7-19,25-29H,4-6,21-24H2,1-3H3/t7?,8-,9+,10-,11+,12-,13-,14-,15+,16-,17-,18-,19-,20-/m1/s1. The van der Waals surface area contributed by atoms with Crippen molar-refractivity contribution in [3.63, 3.8) is 0 Å². The van der Waals surface area contributed by atoms with Gasteiger partial charge in [0.25, 0.3) is 0 Å². The Morgan fingerprint density at radius 1 is 0.970 bits per heavy atom. The van der Waals surface area contributed by atoms with E-state index in [1.54, 1.807) is 7.05 Å². The number of aliphatic hydroxyl groups is 4. The Hall–Kier alpha value is -0.520. The number of likely N-dealkylation sites (N-methyl/N-ethyl adjacent to an activating group) is 1. The number of ether oxygens (including phenoxy) is 4. The van der Waals surface area contributed by atoms with Gasteiger partial charge < -0.3 is 67.6 Å². The predicted octanol–water partition coefficient (Wildman–Crippen LogP) is -4.62. The molecule has 194 valence electrons. The lowest BCUT2D eigenvalue weighted by Gasteiger charge is -2.49. The number of nitrogens with one attached hydrogen (secondary N) is 1. The van der Waals surface area contributed by atoms with Crippen molar-refractivity contribution >= 4 is 0 Å². The molecule has 2 saturated heterocycles. The number of hydrogen-bond donors (Lipinski definition) is 9. The Bertz CT molecular complexity index is 646. The number of rotatable bonds is 6. The van der Waals surface area contributed by atoms with Crippen LogP contribution >= 0.6 is 0 Å². The molecule has 0 aromatic carbocycles. The van der Waals surface area contributed by atoms with Crippen LogP contribution in [-0.2, 0) is 18.9 Å². The van der Waals surface area contributed by atoms with Gasteiger partial charge in [0.05, 0.1) is 43.0 Å². The van der Waals surface area contributed by atoms with Crippen LogP contribution < -0.4 is 28.3 Å². The summed E-state index contributed by atoms with van der Waals surface area (Å²) in [6.07, 6.45) is -7.43. The maximum absolute atomic E-state index is 11.1. The average molecular weight is 480 g/mol. The minimum absolute atomic E-state index is 0.135. The van der Waals surface area contributed by atoms with Crippen molar-refractivity contribution in [1.29, 1.82) is 0 Å². The molecule has 0 spiro atoms. The lowest BCUT2D eigenvalue weighted by Crippen LogP contribution is -2.73. The Morgan fingerprint density at radius 2 is 1.55 bits per heavy atom. The molecule has 33 heavy (non-hydrogen) atoms. The molecule has 0 radical (unpaired) electrons. The van der Waals surface area contributed by atoms with E-state index < -0.39 is 72.9 Å². The minimum atomic E-state index is -1.39. The Morgan fingerprint density at radius 3 is 2.09 bits per heavy atom. The molecule has 14 atom stereocenters. The summed E-state index contributed by atoms with van der Waals surface area (Å²) in [5.74, 6) is 0. The highest BCUT2D eigenvalue weighted by Crippen LogP contribution is 2.31. The summed E-state index contributed by atoms with van der Waals surface area (Å²) in [5, 5.41) is 45.7. The predicted molar refractivity (Wildman–Crippen MR) is 116 cm³/mol. The third-order valence-corrected chi connectivity index (χ3v) is 6.97. The first kappa shape index (κ1) is 27.1. The van der Waals surface area contributed by atoms with Gasteiger partial charge in [0.1, 0.15) is 30.0 Å². The minimum Gasteiger partial charge on any atom is -0.390 e. The third-order valence-electron chi connectivity index (χ3n) is 6.97. The number of aliphatic hydroxyl groups excluding tert-OH is 3. The van der Waals surface area contributed by atoms with Gasteiger partial charge >= 0.3 is 0 Å². The lowest BCUT2D eigenvalue weighted by atomic mass is 9.81. The van der Waals surface area contributed by atoms with Crippen LogP contribution in [0.4, 0.5) is 0 Å².